The van der Waals surface area contributed by atoms with E-state index in [9.17, 15) is 4.79 Å². The predicted octanol–water partition coefficient (Wildman–Crippen LogP) is -0.825. The van der Waals surface area contributed by atoms with E-state index in [0.29, 0.717) is 0 Å². The van der Waals surface area contributed by atoms with E-state index >= 15 is 0 Å². The average molecular weight is 192 g/mol. The molecule has 0 aliphatic carbocycles. The number of aryl methyl sites for hydroxylation is 2. The highest BCUT2D eigenvalue weighted by Crippen LogP contribution is 2.01. The van der Waals surface area contributed by atoms with Crippen molar-refractivity contribution < 1.29 is 4.79 Å². The fourth-order valence-corrected chi connectivity index (χ4v) is 1.07. The van der Waals surface area contributed by atoms with E-state index in [-0.39, 0.29) is 17.3 Å². The van der Waals surface area contributed by atoms with Gasteiger partial charge in [0.1, 0.15) is 6.33 Å². The maximum Gasteiger partial charge on any atom is 0.251 e. The predicted molar refractivity (Wildman–Crippen MR) is 45.4 cm³/mol. The van der Waals surface area contributed by atoms with Gasteiger partial charge in [0.15, 0.2) is 5.69 Å². The SMILES string of the molecule is Cn1ncc(C(=O)c2ncnn2C)n1. The van der Waals surface area contributed by atoms with Crippen LogP contribution in [0.1, 0.15) is 16.3 Å². The molecular formula is C7H8N6O. The molecule has 72 valence electrons. The molecule has 0 atom stereocenters. The van der Waals surface area contributed by atoms with Crippen molar-refractivity contribution in [3.05, 3.63) is 24.0 Å². The van der Waals surface area contributed by atoms with E-state index in [2.05, 4.69) is 20.3 Å². The molecule has 0 aliphatic heterocycles. The number of hydrogen-bond donors (Lipinski definition) is 0. The summed E-state index contributed by atoms with van der Waals surface area (Å²) in [6.07, 6.45) is 2.72. The first kappa shape index (κ1) is 8.54. The van der Waals surface area contributed by atoms with Crippen LogP contribution >= 0.6 is 0 Å². The number of carbonyl (C=O) groups excluding carboxylic acids is 1. The van der Waals surface area contributed by atoms with Crippen molar-refractivity contribution in [2.24, 2.45) is 14.1 Å². The maximum absolute atomic E-state index is 11.7. The Morgan fingerprint density at radius 1 is 1.36 bits per heavy atom. The summed E-state index contributed by atoms with van der Waals surface area (Å²) >= 11 is 0. The van der Waals surface area contributed by atoms with Gasteiger partial charge in [0.2, 0.25) is 5.82 Å². The number of aromatic nitrogens is 6. The zero-order chi connectivity index (χ0) is 10.1. The molecule has 0 aromatic carbocycles. The highest BCUT2D eigenvalue weighted by atomic mass is 16.1. The van der Waals surface area contributed by atoms with Crippen LogP contribution in [0.5, 0.6) is 0 Å². The van der Waals surface area contributed by atoms with Crippen LogP contribution in [0, 0.1) is 0 Å². The second kappa shape index (κ2) is 3.02. The van der Waals surface area contributed by atoms with Crippen molar-refractivity contribution in [1.82, 2.24) is 29.8 Å². The molecule has 14 heavy (non-hydrogen) atoms. The highest BCUT2D eigenvalue weighted by molar-refractivity contribution is 6.04. The molecule has 2 aromatic rings. The van der Waals surface area contributed by atoms with E-state index in [1.165, 1.54) is 22.0 Å². The van der Waals surface area contributed by atoms with Crippen LogP contribution in [0.4, 0.5) is 0 Å². The molecule has 2 aromatic heterocycles. The van der Waals surface area contributed by atoms with Crippen LogP contribution in [-0.2, 0) is 14.1 Å². The molecule has 0 unspecified atom stereocenters. The van der Waals surface area contributed by atoms with E-state index in [1.807, 2.05) is 0 Å². The summed E-state index contributed by atoms with van der Waals surface area (Å²) in [4.78, 5) is 16.9. The molecule has 0 N–H and O–H groups in total. The lowest BCUT2D eigenvalue weighted by molar-refractivity contribution is 0.102. The molecular weight excluding hydrogens is 184 g/mol. The smallest absolute Gasteiger partial charge is 0.251 e. The molecule has 7 heteroatoms. The number of ketones is 1. The Balaban J connectivity index is 2.38. The molecule has 0 amide bonds. The molecule has 7 nitrogen and oxygen atoms in total. The van der Waals surface area contributed by atoms with Gasteiger partial charge < -0.3 is 0 Å². The topological polar surface area (TPSA) is 78.5 Å². The van der Waals surface area contributed by atoms with Crippen molar-refractivity contribution in [2.75, 3.05) is 0 Å². The van der Waals surface area contributed by atoms with E-state index in [1.54, 1.807) is 14.1 Å². The lowest BCUT2D eigenvalue weighted by Crippen LogP contribution is -2.10. The first-order valence-electron chi connectivity index (χ1n) is 3.93. The Morgan fingerprint density at radius 3 is 2.64 bits per heavy atom. The maximum atomic E-state index is 11.7. The molecule has 0 bridgehead atoms. The van der Waals surface area contributed by atoms with Crippen LogP contribution in [0.25, 0.3) is 0 Å². The summed E-state index contributed by atoms with van der Waals surface area (Å²) < 4.78 is 1.40. The van der Waals surface area contributed by atoms with Gasteiger partial charge in [-0.05, 0) is 0 Å². The third kappa shape index (κ3) is 1.28. The average Bonchev–Trinajstić information content (AvgIpc) is 2.73. The third-order valence-corrected chi connectivity index (χ3v) is 1.75. The van der Waals surface area contributed by atoms with Gasteiger partial charge in [-0.25, -0.2) is 9.67 Å². The second-order valence-electron chi connectivity index (χ2n) is 2.76. The van der Waals surface area contributed by atoms with Crippen molar-refractivity contribution >= 4 is 5.78 Å². The van der Waals surface area contributed by atoms with Gasteiger partial charge in [0.05, 0.1) is 6.20 Å². The van der Waals surface area contributed by atoms with E-state index in [0.717, 1.165) is 0 Å². The molecule has 0 spiro atoms. The summed E-state index contributed by atoms with van der Waals surface area (Å²) in [6.45, 7) is 0. The van der Waals surface area contributed by atoms with Gasteiger partial charge in [-0.1, -0.05) is 0 Å². The Kier molecular flexibility index (Phi) is 1.84. The highest BCUT2D eigenvalue weighted by Gasteiger charge is 2.17. The van der Waals surface area contributed by atoms with Crippen LogP contribution in [0.3, 0.4) is 0 Å². The van der Waals surface area contributed by atoms with Crippen LogP contribution in [-0.4, -0.2) is 35.5 Å². The molecule has 2 heterocycles. The summed E-state index contributed by atoms with van der Waals surface area (Å²) in [5.74, 6) is -0.0244. The lowest BCUT2D eigenvalue weighted by Gasteiger charge is -1.94. The van der Waals surface area contributed by atoms with E-state index < -0.39 is 0 Å². The summed E-state index contributed by atoms with van der Waals surface area (Å²) in [6, 6.07) is 0. The number of rotatable bonds is 2. The number of carbonyl (C=O) groups is 1. The Hall–Kier alpha value is -2.05. The number of nitrogens with zero attached hydrogens (tertiary/aromatic N) is 6. The van der Waals surface area contributed by atoms with Gasteiger partial charge in [0.25, 0.3) is 5.78 Å². The van der Waals surface area contributed by atoms with Crippen LogP contribution < -0.4 is 0 Å². The largest absolute Gasteiger partial charge is 0.283 e. The fraction of sp³-hybridized carbons (Fsp3) is 0.286. The molecule has 0 fully saturated rings. The minimum atomic E-state index is -0.280. The zero-order valence-electron chi connectivity index (χ0n) is 7.75. The zero-order valence-corrected chi connectivity index (χ0v) is 7.75. The number of hydrogen-bond acceptors (Lipinski definition) is 5. The molecule has 0 saturated carbocycles. The second-order valence-corrected chi connectivity index (χ2v) is 2.76. The van der Waals surface area contributed by atoms with Crippen LogP contribution in [0.15, 0.2) is 12.5 Å². The minimum Gasteiger partial charge on any atom is -0.283 e. The molecule has 0 radical (unpaired) electrons. The summed E-state index contributed by atoms with van der Waals surface area (Å²) in [5, 5.41) is 11.5. The Bertz CT molecular complexity index is 470. The van der Waals surface area contributed by atoms with Crippen molar-refractivity contribution in [2.45, 2.75) is 0 Å². The first-order valence-corrected chi connectivity index (χ1v) is 3.93. The fourth-order valence-electron chi connectivity index (χ4n) is 1.07. The van der Waals surface area contributed by atoms with Crippen molar-refractivity contribution in [1.29, 1.82) is 0 Å². The van der Waals surface area contributed by atoms with Gasteiger partial charge in [0, 0.05) is 14.1 Å². The van der Waals surface area contributed by atoms with Gasteiger partial charge in [-0.15, -0.1) is 5.10 Å². The molecule has 2 rings (SSSR count). The summed E-state index contributed by atoms with van der Waals surface area (Å²) in [7, 11) is 3.30. The van der Waals surface area contributed by atoms with Gasteiger partial charge in [-0.2, -0.15) is 15.0 Å². The monoisotopic (exact) mass is 192 g/mol. The van der Waals surface area contributed by atoms with Crippen molar-refractivity contribution in [3.8, 4) is 0 Å². The third-order valence-electron chi connectivity index (χ3n) is 1.75. The normalized spacial score (nSPS) is 10.4. The molecule has 0 saturated heterocycles. The van der Waals surface area contributed by atoms with E-state index in [4.69, 9.17) is 0 Å². The van der Waals surface area contributed by atoms with Gasteiger partial charge in [-0.3, -0.25) is 4.79 Å². The minimum absolute atomic E-state index is 0.255. The first-order chi connectivity index (χ1) is 6.68. The lowest BCUT2D eigenvalue weighted by atomic mass is 10.3. The summed E-state index contributed by atoms with van der Waals surface area (Å²) in [5.41, 5.74) is 0.267. The quantitative estimate of drug-likeness (QED) is 0.580. The standard InChI is InChI=1S/C7H8N6O/c1-12-7(8-4-10-12)6(14)5-3-9-13(2)11-5/h3-4H,1-2H3. The van der Waals surface area contributed by atoms with Gasteiger partial charge >= 0.3 is 0 Å². The molecule has 0 aliphatic rings. The Morgan fingerprint density at radius 2 is 2.14 bits per heavy atom. The van der Waals surface area contributed by atoms with Crippen molar-refractivity contribution in [3.63, 3.8) is 0 Å². The Labute approximate surface area is 79.4 Å². The van der Waals surface area contributed by atoms with Crippen LogP contribution in [0.2, 0.25) is 0 Å².